The minimum atomic E-state index is -0.000500. The lowest BCUT2D eigenvalue weighted by Gasteiger charge is -2.34. The number of carbonyl (C=O) groups is 1. The van der Waals surface area contributed by atoms with Crippen molar-refractivity contribution in [3.05, 3.63) is 46.6 Å². The Morgan fingerprint density at radius 1 is 1.32 bits per heavy atom. The van der Waals surface area contributed by atoms with Crippen LogP contribution in [-0.4, -0.2) is 52.0 Å². The van der Waals surface area contributed by atoms with Gasteiger partial charge in [0.1, 0.15) is 5.15 Å². The van der Waals surface area contributed by atoms with Crippen LogP contribution in [0.5, 0.6) is 0 Å². The summed E-state index contributed by atoms with van der Waals surface area (Å²) in [7, 11) is 0. The largest absolute Gasteiger partial charge is 0.360 e. The average Bonchev–Trinajstić information content (AvgIpc) is 2.92. The molecule has 2 aromatic heterocycles. The van der Waals surface area contributed by atoms with Crippen LogP contribution in [0.4, 0.5) is 0 Å². The van der Waals surface area contributed by atoms with Gasteiger partial charge in [-0.1, -0.05) is 16.8 Å². The zero-order valence-corrected chi connectivity index (χ0v) is 13.1. The number of hydrogen-bond donors (Lipinski definition) is 0. The van der Waals surface area contributed by atoms with Gasteiger partial charge in [0.15, 0.2) is 5.76 Å². The normalized spacial score (nSPS) is 16.0. The van der Waals surface area contributed by atoms with E-state index in [1.807, 2.05) is 17.9 Å². The standard InChI is InChI=1S/C15H17ClN4O2/c1-11-8-13(22-18-11)10-19-4-6-20(7-5-19)15(21)12-2-3-17-14(16)9-12/h2-3,8-9H,4-7,10H2,1H3. The Bertz CT molecular complexity index is 665. The molecule has 6 nitrogen and oxygen atoms in total. The Morgan fingerprint density at radius 3 is 2.73 bits per heavy atom. The number of hydrogen-bond acceptors (Lipinski definition) is 5. The molecule has 0 atom stereocenters. The van der Waals surface area contributed by atoms with E-state index >= 15 is 0 Å². The van der Waals surface area contributed by atoms with Crippen molar-refractivity contribution in [3.8, 4) is 0 Å². The van der Waals surface area contributed by atoms with Gasteiger partial charge < -0.3 is 9.42 Å². The molecule has 0 bridgehead atoms. The summed E-state index contributed by atoms with van der Waals surface area (Å²) < 4.78 is 5.23. The first-order valence-electron chi connectivity index (χ1n) is 7.17. The molecule has 0 N–H and O–H groups in total. The fourth-order valence-corrected chi connectivity index (χ4v) is 2.71. The van der Waals surface area contributed by atoms with E-state index in [2.05, 4.69) is 15.0 Å². The number of aromatic nitrogens is 2. The summed E-state index contributed by atoms with van der Waals surface area (Å²) in [6.07, 6.45) is 1.55. The minimum Gasteiger partial charge on any atom is -0.360 e. The maximum Gasteiger partial charge on any atom is 0.254 e. The summed E-state index contributed by atoms with van der Waals surface area (Å²) in [5.41, 5.74) is 1.47. The van der Waals surface area contributed by atoms with Crippen molar-refractivity contribution in [2.24, 2.45) is 0 Å². The first kappa shape index (κ1) is 15.0. The van der Waals surface area contributed by atoms with Crippen molar-refractivity contribution in [1.82, 2.24) is 19.9 Å². The minimum absolute atomic E-state index is 0.000500. The molecule has 0 spiro atoms. The molecule has 1 aliphatic rings. The maximum atomic E-state index is 12.4. The number of pyridine rings is 1. The summed E-state index contributed by atoms with van der Waals surface area (Å²) in [5, 5.41) is 4.23. The fraction of sp³-hybridized carbons (Fsp3) is 0.400. The molecule has 0 radical (unpaired) electrons. The number of halogens is 1. The lowest BCUT2D eigenvalue weighted by atomic mass is 10.2. The van der Waals surface area contributed by atoms with Gasteiger partial charge in [0.2, 0.25) is 0 Å². The number of carbonyl (C=O) groups excluding carboxylic acids is 1. The highest BCUT2D eigenvalue weighted by Crippen LogP contribution is 2.14. The third-order valence-electron chi connectivity index (χ3n) is 3.69. The van der Waals surface area contributed by atoms with E-state index in [1.54, 1.807) is 18.3 Å². The second-order valence-electron chi connectivity index (χ2n) is 5.37. The molecule has 22 heavy (non-hydrogen) atoms. The number of rotatable bonds is 3. The topological polar surface area (TPSA) is 62.5 Å². The van der Waals surface area contributed by atoms with Gasteiger partial charge in [0.05, 0.1) is 12.2 Å². The molecule has 0 aliphatic carbocycles. The van der Waals surface area contributed by atoms with Crippen molar-refractivity contribution in [2.75, 3.05) is 26.2 Å². The molecule has 3 rings (SSSR count). The number of amides is 1. The van der Waals surface area contributed by atoms with Crippen LogP contribution in [0.25, 0.3) is 0 Å². The molecule has 3 heterocycles. The van der Waals surface area contributed by atoms with E-state index in [4.69, 9.17) is 16.1 Å². The van der Waals surface area contributed by atoms with Gasteiger partial charge in [0.25, 0.3) is 5.91 Å². The molecular weight excluding hydrogens is 304 g/mol. The lowest BCUT2D eigenvalue weighted by Crippen LogP contribution is -2.48. The highest BCUT2D eigenvalue weighted by atomic mass is 35.5. The molecule has 1 amide bonds. The van der Waals surface area contributed by atoms with Crippen molar-refractivity contribution in [3.63, 3.8) is 0 Å². The number of aryl methyl sites for hydroxylation is 1. The fourth-order valence-electron chi connectivity index (χ4n) is 2.54. The Balaban J connectivity index is 1.56. The summed E-state index contributed by atoms with van der Waals surface area (Å²) in [4.78, 5) is 20.4. The van der Waals surface area contributed by atoms with E-state index in [-0.39, 0.29) is 5.91 Å². The molecule has 1 fully saturated rings. The predicted octanol–water partition coefficient (Wildman–Crippen LogP) is 1.99. The maximum absolute atomic E-state index is 12.4. The van der Waals surface area contributed by atoms with Gasteiger partial charge in [0, 0.05) is 44.0 Å². The van der Waals surface area contributed by atoms with Crippen molar-refractivity contribution < 1.29 is 9.32 Å². The van der Waals surface area contributed by atoms with E-state index in [9.17, 15) is 4.79 Å². The third kappa shape index (κ3) is 3.45. The molecule has 0 unspecified atom stereocenters. The quantitative estimate of drug-likeness (QED) is 0.809. The first-order chi connectivity index (χ1) is 10.6. The summed E-state index contributed by atoms with van der Waals surface area (Å²) in [6.45, 7) is 5.62. The first-order valence-corrected chi connectivity index (χ1v) is 7.55. The lowest BCUT2D eigenvalue weighted by molar-refractivity contribution is 0.0617. The molecule has 7 heteroatoms. The number of nitrogens with zero attached hydrogens (tertiary/aromatic N) is 4. The molecular formula is C15H17ClN4O2. The molecule has 0 aromatic carbocycles. The molecule has 0 saturated carbocycles. The molecule has 1 aliphatic heterocycles. The summed E-state index contributed by atoms with van der Waals surface area (Å²) >= 11 is 5.84. The summed E-state index contributed by atoms with van der Waals surface area (Å²) in [6, 6.07) is 5.24. The van der Waals surface area contributed by atoms with Crippen LogP contribution in [0.15, 0.2) is 28.9 Å². The Morgan fingerprint density at radius 2 is 2.09 bits per heavy atom. The van der Waals surface area contributed by atoms with Gasteiger partial charge in [-0.2, -0.15) is 0 Å². The van der Waals surface area contributed by atoms with Crippen LogP contribution in [-0.2, 0) is 6.54 Å². The zero-order valence-electron chi connectivity index (χ0n) is 12.3. The van der Waals surface area contributed by atoms with Crippen LogP contribution in [0.1, 0.15) is 21.8 Å². The SMILES string of the molecule is Cc1cc(CN2CCN(C(=O)c3ccnc(Cl)c3)CC2)on1. The highest BCUT2D eigenvalue weighted by Gasteiger charge is 2.23. The van der Waals surface area contributed by atoms with Crippen LogP contribution < -0.4 is 0 Å². The third-order valence-corrected chi connectivity index (χ3v) is 3.90. The predicted molar refractivity (Wildman–Crippen MR) is 81.7 cm³/mol. The molecule has 116 valence electrons. The molecule has 1 saturated heterocycles. The summed E-state index contributed by atoms with van der Waals surface area (Å²) in [5.74, 6) is 0.859. The van der Waals surface area contributed by atoms with E-state index in [0.29, 0.717) is 23.8 Å². The zero-order chi connectivity index (χ0) is 15.5. The van der Waals surface area contributed by atoms with Crippen molar-refractivity contribution in [2.45, 2.75) is 13.5 Å². The van der Waals surface area contributed by atoms with E-state index < -0.39 is 0 Å². The van der Waals surface area contributed by atoms with Crippen LogP contribution >= 0.6 is 11.6 Å². The monoisotopic (exact) mass is 320 g/mol. The van der Waals surface area contributed by atoms with Crippen LogP contribution in [0, 0.1) is 6.92 Å². The van der Waals surface area contributed by atoms with Gasteiger partial charge in [-0.05, 0) is 19.1 Å². The van der Waals surface area contributed by atoms with Crippen LogP contribution in [0.2, 0.25) is 5.15 Å². The van der Waals surface area contributed by atoms with E-state index in [1.165, 1.54) is 0 Å². The van der Waals surface area contributed by atoms with Gasteiger partial charge in [-0.3, -0.25) is 9.69 Å². The van der Waals surface area contributed by atoms with Crippen LogP contribution in [0.3, 0.4) is 0 Å². The van der Waals surface area contributed by atoms with Gasteiger partial charge in [-0.15, -0.1) is 0 Å². The van der Waals surface area contributed by atoms with Crippen molar-refractivity contribution >= 4 is 17.5 Å². The second-order valence-corrected chi connectivity index (χ2v) is 5.76. The van der Waals surface area contributed by atoms with Gasteiger partial charge >= 0.3 is 0 Å². The van der Waals surface area contributed by atoms with Gasteiger partial charge in [-0.25, -0.2) is 4.98 Å². The second kappa shape index (κ2) is 6.46. The Kier molecular flexibility index (Phi) is 4.40. The van der Waals surface area contributed by atoms with E-state index in [0.717, 1.165) is 31.1 Å². The number of piperazine rings is 1. The highest BCUT2D eigenvalue weighted by molar-refractivity contribution is 6.29. The Hall–Kier alpha value is -1.92. The Labute approximate surface area is 133 Å². The van der Waals surface area contributed by atoms with Crippen molar-refractivity contribution in [1.29, 1.82) is 0 Å². The average molecular weight is 321 g/mol. The smallest absolute Gasteiger partial charge is 0.254 e. The molecule has 2 aromatic rings.